The van der Waals surface area contributed by atoms with E-state index in [1.54, 1.807) is 19.1 Å². The van der Waals surface area contributed by atoms with Gasteiger partial charge in [-0.3, -0.25) is 4.79 Å². The number of amides is 1. The van der Waals surface area contributed by atoms with Crippen molar-refractivity contribution in [2.45, 2.75) is 11.4 Å². The van der Waals surface area contributed by atoms with Gasteiger partial charge in [0.1, 0.15) is 5.75 Å². The van der Waals surface area contributed by atoms with Gasteiger partial charge in [-0.2, -0.15) is 0 Å². The molecule has 0 bridgehead atoms. The molecule has 23 heavy (non-hydrogen) atoms. The lowest BCUT2D eigenvalue weighted by molar-refractivity contribution is -0.127. The Morgan fingerprint density at radius 3 is 2.65 bits per heavy atom. The van der Waals surface area contributed by atoms with Crippen molar-refractivity contribution in [2.75, 3.05) is 19.9 Å². The first-order valence-corrected chi connectivity index (χ1v) is 7.93. The molecule has 0 aliphatic carbocycles. The van der Waals surface area contributed by atoms with E-state index in [2.05, 4.69) is 0 Å². The molecule has 0 atom stereocenters. The fraction of sp³-hybridized carbons (Fsp3) is 0.235. The minimum Gasteiger partial charge on any atom is -0.497 e. The average molecular weight is 337 g/mol. The Kier molecular flexibility index (Phi) is 5.98. The van der Waals surface area contributed by atoms with Gasteiger partial charge in [-0.1, -0.05) is 12.1 Å². The molecule has 0 aliphatic rings. The van der Waals surface area contributed by atoms with Gasteiger partial charge < -0.3 is 9.64 Å². The smallest absolute Gasteiger partial charge is 0.232 e. The maximum atomic E-state index is 13.1. The number of thioether (sulfide) groups is 1. The molecule has 0 saturated carbocycles. The molecular weight excluding hydrogens is 320 g/mol. The van der Waals surface area contributed by atoms with Crippen LogP contribution >= 0.6 is 11.8 Å². The van der Waals surface area contributed by atoms with E-state index in [9.17, 15) is 13.6 Å². The second kappa shape index (κ2) is 7.97. The summed E-state index contributed by atoms with van der Waals surface area (Å²) in [5.74, 6) is -1.00. The molecule has 0 aromatic heterocycles. The van der Waals surface area contributed by atoms with Crippen LogP contribution in [0.1, 0.15) is 5.56 Å². The summed E-state index contributed by atoms with van der Waals surface area (Å²) >= 11 is 1.18. The van der Waals surface area contributed by atoms with Gasteiger partial charge in [0.2, 0.25) is 5.91 Å². The van der Waals surface area contributed by atoms with Crippen molar-refractivity contribution in [1.29, 1.82) is 0 Å². The number of nitrogens with zero attached hydrogens (tertiary/aromatic N) is 1. The normalized spacial score (nSPS) is 10.4. The van der Waals surface area contributed by atoms with E-state index in [-0.39, 0.29) is 11.7 Å². The summed E-state index contributed by atoms with van der Waals surface area (Å²) in [6.45, 7) is 0.453. The van der Waals surface area contributed by atoms with E-state index in [1.807, 2.05) is 24.3 Å². The highest BCUT2D eigenvalue weighted by Gasteiger charge is 2.11. The SMILES string of the molecule is COc1cccc(CN(C)C(=O)CSc2ccc(F)c(F)c2)c1. The van der Waals surface area contributed by atoms with E-state index in [0.717, 1.165) is 23.4 Å². The number of hydrogen-bond donors (Lipinski definition) is 0. The second-order valence-corrected chi connectivity index (χ2v) is 6.01. The second-order valence-electron chi connectivity index (χ2n) is 4.97. The number of methoxy groups -OCH3 is 1. The molecule has 0 aliphatic heterocycles. The fourth-order valence-electron chi connectivity index (χ4n) is 1.95. The van der Waals surface area contributed by atoms with Gasteiger partial charge in [-0.05, 0) is 35.9 Å². The van der Waals surface area contributed by atoms with Crippen molar-refractivity contribution >= 4 is 17.7 Å². The van der Waals surface area contributed by atoms with Crippen LogP contribution in [0.3, 0.4) is 0 Å². The van der Waals surface area contributed by atoms with Gasteiger partial charge >= 0.3 is 0 Å². The molecule has 3 nitrogen and oxygen atoms in total. The van der Waals surface area contributed by atoms with Crippen molar-refractivity contribution in [3.63, 3.8) is 0 Å². The predicted octanol–water partition coefficient (Wildman–Crippen LogP) is 3.72. The average Bonchev–Trinajstić information content (AvgIpc) is 2.55. The third-order valence-corrected chi connectivity index (χ3v) is 4.21. The highest BCUT2D eigenvalue weighted by molar-refractivity contribution is 8.00. The lowest BCUT2D eigenvalue weighted by Gasteiger charge is -2.17. The number of hydrogen-bond acceptors (Lipinski definition) is 3. The van der Waals surface area contributed by atoms with Crippen LogP contribution in [0.25, 0.3) is 0 Å². The first-order chi connectivity index (χ1) is 11.0. The Morgan fingerprint density at radius 1 is 1.17 bits per heavy atom. The van der Waals surface area contributed by atoms with Crippen LogP contribution in [0.2, 0.25) is 0 Å². The largest absolute Gasteiger partial charge is 0.497 e. The molecule has 0 saturated heterocycles. The molecule has 2 rings (SSSR count). The van der Waals surface area contributed by atoms with Crippen molar-refractivity contribution in [3.05, 3.63) is 59.7 Å². The van der Waals surface area contributed by atoms with Gasteiger partial charge in [-0.15, -0.1) is 11.8 Å². The topological polar surface area (TPSA) is 29.5 Å². The first-order valence-electron chi connectivity index (χ1n) is 6.94. The molecule has 122 valence electrons. The Bertz CT molecular complexity index is 694. The monoisotopic (exact) mass is 337 g/mol. The highest BCUT2D eigenvalue weighted by atomic mass is 32.2. The molecule has 0 spiro atoms. The number of ether oxygens (including phenoxy) is 1. The quantitative estimate of drug-likeness (QED) is 0.753. The fourth-order valence-corrected chi connectivity index (χ4v) is 2.82. The molecular formula is C17H17F2NO2S. The zero-order valence-electron chi connectivity index (χ0n) is 12.9. The minimum atomic E-state index is -0.910. The van der Waals surface area contributed by atoms with Gasteiger partial charge in [0.25, 0.3) is 0 Å². The van der Waals surface area contributed by atoms with E-state index < -0.39 is 11.6 Å². The lowest BCUT2D eigenvalue weighted by atomic mass is 10.2. The number of rotatable bonds is 6. The van der Waals surface area contributed by atoms with Gasteiger partial charge in [0, 0.05) is 18.5 Å². The maximum absolute atomic E-state index is 13.1. The molecule has 2 aromatic carbocycles. The minimum absolute atomic E-state index is 0.0949. The van der Waals surface area contributed by atoms with E-state index in [4.69, 9.17) is 4.74 Å². The third-order valence-electron chi connectivity index (χ3n) is 3.23. The molecule has 2 aromatic rings. The Balaban J connectivity index is 1.90. The number of benzene rings is 2. The molecule has 0 unspecified atom stereocenters. The summed E-state index contributed by atoms with van der Waals surface area (Å²) in [6, 6.07) is 11.1. The lowest BCUT2D eigenvalue weighted by Crippen LogP contribution is -2.27. The van der Waals surface area contributed by atoms with Gasteiger partial charge in [-0.25, -0.2) is 8.78 Å². The summed E-state index contributed by atoms with van der Waals surface area (Å²) in [5, 5.41) is 0. The van der Waals surface area contributed by atoms with Crippen LogP contribution in [0, 0.1) is 11.6 Å². The molecule has 0 radical (unpaired) electrons. The van der Waals surface area contributed by atoms with Crippen molar-refractivity contribution in [1.82, 2.24) is 4.90 Å². The highest BCUT2D eigenvalue weighted by Crippen LogP contribution is 2.21. The number of halogens is 2. The first kappa shape index (κ1) is 17.3. The molecule has 1 amide bonds. The zero-order valence-corrected chi connectivity index (χ0v) is 13.7. The zero-order chi connectivity index (χ0) is 16.8. The third kappa shape index (κ3) is 4.96. The van der Waals surface area contributed by atoms with Crippen molar-refractivity contribution in [2.24, 2.45) is 0 Å². The number of carbonyl (C=O) groups excluding carboxylic acids is 1. The van der Waals surface area contributed by atoms with Crippen molar-refractivity contribution < 1.29 is 18.3 Å². The summed E-state index contributed by atoms with van der Waals surface area (Å²) < 4.78 is 31.1. The number of carbonyl (C=O) groups is 1. The van der Waals surface area contributed by atoms with E-state index in [1.165, 1.54) is 17.8 Å². The summed E-state index contributed by atoms with van der Waals surface area (Å²) in [5.41, 5.74) is 0.957. The van der Waals surface area contributed by atoms with Gasteiger partial charge in [0.05, 0.1) is 12.9 Å². The van der Waals surface area contributed by atoms with Crippen LogP contribution in [0.5, 0.6) is 5.75 Å². The van der Waals surface area contributed by atoms with Crippen molar-refractivity contribution in [3.8, 4) is 5.75 Å². The standard InChI is InChI=1S/C17H17F2NO2S/c1-20(10-12-4-3-5-13(8-12)22-2)17(21)11-23-14-6-7-15(18)16(19)9-14/h3-9H,10-11H2,1-2H3. The summed E-state index contributed by atoms with van der Waals surface area (Å²) in [6.07, 6.45) is 0. The molecule has 0 N–H and O–H groups in total. The Hall–Kier alpha value is -2.08. The van der Waals surface area contributed by atoms with Crippen LogP contribution in [-0.2, 0) is 11.3 Å². The molecule has 6 heteroatoms. The van der Waals surface area contributed by atoms with E-state index >= 15 is 0 Å². The van der Waals surface area contributed by atoms with Gasteiger partial charge in [0.15, 0.2) is 11.6 Å². The Labute approximate surface area is 138 Å². The van der Waals surface area contributed by atoms with Crippen LogP contribution < -0.4 is 4.74 Å². The predicted molar refractivity (Wildman–Crippen MR) is 86.6 cm³/mol. The summed E-state index contributed by atoms with van der Waals surface area (Å²) in [7, 11) is 3.29. The van der Waals surface area contributed by atoms with E-state index in [0.29, 0.717) is 11.4 Å². The maximum Gasteiger partial charge on any atom is 0.232 e. The summed E-state index contributed by atoms with van der Waals surface area (Å²) in [4.78, 5) is 14.2. The van der Waals surface area contributed by atoms with Crippen LogP contribution in [-0.4, -0.2) is 30.7 Å². The molecule has 0 fully saturated rings. The molecule has 0 heterocycles. The van der Waals surface area contributed by atoms with Crippen LogP contribution in [0.15, 0.2) is 47.4 Å². The Morgan fingerprint density at radius 2 is 1.96 bits per heavy atom. The van der Waals surface area contributed by atoms with Crippen LogP contribution in [0.4, 0.5) is 8.78 Å².